The zero-order chi connectivity index (χ0) is 11.9. The van der Waals surface area contributed by atoms with E-state index < -0.39 is 10.0 Å². The van der Waals surface area contributed by atoms with Gasteiger partial charge in [0.05, 0.1) is 8.68 Å². The molecule has 0 saturated carbocycles. The highest BCUT2D eigenvalue weighted by molar-refractivity contribution is 9.11. The smallest absolute Gasteiger partial charge is 0.207 e. The molecule has 1 saturated heterocycles. The number of hydrogen-bond acceptors (Lipinski definition) is 3. The Morgan fingerprint density at radius 2 is 2.25 bits per heavy atom. The maximum atomic E-state index is 12.3. The minimum atomic E-state index is -3.30. The summed E-state index contributed by atoms with van der Waals surface area (Å²) in [5.74, 6) is 0. The first-order valence-electron chi connectivity index (χ1n) is 4.81. The molecule has 2 heterocycles. The Morgan fingerprint density at radius 1 is 1.56 bits per heavy atom. The summed E-state index contributed by atoms with van der Waals surface area (Å²) >= 11 is 8.23. The summed E-state index contributed by atoms with van der Waals surface area (Å²) in [4.78, 5) is 1.56. The van der Waals surface area contributed by atoms with E-state index >= 15 is 0 Å². The molecule has 0 amide bonds. The third kappa shape index (κ3) is 2.38. The van der Waals surface area contributed by atoms with Crippen LogP contribution in [0.15, 0.2) is 14.7 Å². The van der Waals surface area contributed by atoms with Crippen molar-refractivity contribution in [2.45, 2.75) is 23.1 Å². The number of rotatable bonds is 2. The average molecular weight is 389 g/mol. The summed E-state index contributed by atoms with van der Waals surface area (Å²) in [7, 11) is -3.30. The van der Waals surface area contributed by atoms with Gasteiger partial charge in [-0.25, -0.2) is 8.42 Å². The Kier molecular flexibility index (Phi) is 3.81. The lowest BCUT2D eigenvalue weighted by atomic mass is 10.4. The largest absolute Gasteiger partial charge is 0.244 e. The molecule has 0 bridgehead atoms. The molecule has 1 fully saturated rings. The number of sulfonamides is 1. The van der Waals surface area contributed by atoms with Gasteiger partial charge in [-0.05, 0) is 35.3 Å². The number of alkyl halides is 1. The first-order chi connectivity index (χ1) is 7.41. The third-order valence-corrected chi connectivity index (χ3v) is 6.97. The molecule has 16 heavy (non-hydrogen) atoms. The van der Waals surface area contributed by atoms with E-state index in [4.69, 9.17) is 0 Å². The molecule has 1 atom stereocenters. The van der Waals surface area contributed by atoms with Crippen LogP contribution in [-0.4, -0.2) is 30.6 Å². The van der Waals surface area contributed by atoms with Crippen LogP contribution in [0.3, 0.4) is 0 Å². The second-order valence-corrected chi connectivity index (χ2v) is 9.56. The number of hydrogen-bond donors (Lipinski definition) is 0. The van der Waals surface area contributed by atoms with Crippen molar-refractivity contribution in [3.8, 4) is 0 Å². The van der Waals surface area contributed by atoms with Gasteiger partial charge >= 0.3 is 0 Å². The summed E-state index contributed by atoms with van der Waals surface area (Å²) < 4.78 is 27.0. The van der Waals surface area contributed by atoms with Crippen molar-refractivity contribution in [2.75, 3.05) is 13.1 Å². The molecule has 0 N–H and O–H groups in total. The van der Waals surface area contributed by atoms with E-state index in [9.17, 15) is 8.42 Å². The first-order valence-corrected chi connectivity index (χ1v) is 8.78. The fourth-order valence-corrected chi connectivity index (χ4v) is 6.36. The monoisotopic (exact) mass is 387 g/mol. The molecule has 7 heteroatoms. The van der Waals surface area contributed by atoms with Gasteiger partial charge in [-0.2, -0.15) is 4.31 Å². The van der Waals surface area contributed by atoms with E-state index in [1.807, 2.05) is 6.92 Å². The molecular weight excluding hydrogens is 378 g/mol. The van der Waals surface area contributed by atoms with Gasteiger partial charge in [0.1, 0.15) is 0 Å². The van der Waals surface area contributed by atoms with Crippen molar-refractivity contribution >= 4 is 53.2 Å². The maximum absolute atomic E-state index is 12.3. The molecular formula is C9H11Br2NO2S2. The third-order valence-electron chi connectivity index (χ3n) is 2.55. The van der Waals surface area contributed by atoms with Crippen molar-refractivity contribution in [3.63, 3.8) is 0 Å². The molecule has 1 aliphatic heterocycles. The SMILES string of the molecule is Cc1sc(Br)cc1S(=O)(=O)N1CCC(Br)C1. The van der Waals surface area contributed by atoms with Gasteiger partial charge in [-0.3, -0.25) is 0 Å². The second kappa shape index (κ2) is 4.68. The van der Waals surface area contributed by atoms with Crippen LogP contribution in [0.4, 0.5) is 0 Å². The quantitative estimate of drug-likeness (QED) is 0.730. The summed E-state index contributed by atoms with van der Waals surface area (Å²) in [5.41, 5.74) is 0. The molecule has 0 spiro atoms. The van der Waals surface area contributed by atoms with E-state index in [2.05, 4.69) is 31.9 Å². The Hall–Kier alpha value is 0.570. The topological polar surface area (TPSA) is 37.4 Å². The number of halogens is 2. The van der Waals surface area contributed by atoms with Gasteiger partial charge < -0.3 is 0 Å². The Morgan fingerprint density at radius 3 is 2.69 bits per heavy atom. The van der Waals surface area contributed by atoms with E-state index in [0.717, 1.165) is 15.1 Å². The molecule has 0 radical (unpaired) electrons. The molecule has 0 aliphatic carbocycles. The second-order valence-electron chi connectivity index (χ2n) is 3.72. The fraction of sp³-hybridized carbons (Fsp3) is 0.556. The van der Waals surface area contributed by atoms with E-state index in [-0.39, 0.29) is 4.83 Å². The molecule has 1 unspecified atom stereocenters. The minimum absolute atomic E-state index is 0.282. The van der Waals surface area contributed by atoms with Crippen molar-refractivity contribution in [1.82, 2.24) is 4.31 Å². The van der Waals surface area contributed by atoms with E-state index in [1.165, 1.54) is 11.3 Å². The summed E-state index contributed by atoms with van der Waals surface area (Å²) in [6, 6.07) is 1.69. The van der Waals surface area contributed by atoms with Gasteiger partial charge in [0.25, 0.3) is 0 Å². The maximum Gasteiger partial charge on any atom is 0.244 e. The van der Waals surface area contributed by atoms with Crippen LogP contribution in [0, 0.1) is 6.92 Å². The normalized spacial score (nSPS) is 22.8. The highest BCUT2D eigenvalue weighted by atomic mass is 79.9. The van der Waals surface area contributed by atoms with Gasteiger partial charge in [0, 0.05) is 22.8 Å². The van der Waals surface area contributed by atoms with Crippen molar-refractivity contribution < 1.29 is 8.42 Å². The lowest BCUT2D eigenvalue weighted by molar-refractivity contribution is 0.478. The lowest BCUT2D eigenvalue weighted by Crippen LogP contribution is -2.29. The van der Waals surface area contributed by atoms with Crippen LogP contribution >= 0.6 is 43.2 Å². The Bertz CT molecular complexity index is 498. The van der Waals surface area contributed by atoms with Gasteiger partial charge in [0.2, 0.25) is 10.0 Å². The zero-order valence-corrected chi connectivity index (χ0v) is 13.4. The van der Waals surface area contributed by atoms with Gasteiger partial charge in [0.15, 0.2) is 0 Å². The van der Waals surface area contributed by atoms with Crippen LogP contribution in [-0.2, 0) is 10.0 Å². The van der Waals surface area contributed by atoms with Gasteiger partial charge in [-0.15, -0.1) is 11.3 Å². The van der Waals surface area contributed by atoms with Crippen LogP contribution in [0.2, 0.25) is 0 Å². The molecule has 1 aromatic heterocycles. The Balaban J connectivity index is 2.36. The predicted octanol–water partition coefficient (Wildman–Crippen LogP) is 2.98. The molecule has 90 valence electrons. The fourth-order valence-electron chi connectivity index (χ4n) is 1.73. The lowest BCUT2D eigenvalue weighted by Gasteiger charge is -2.15. The van der Waals surface area contributed by atoms with E-state index in [0.29, 0.717) is 18.0 Å². The molecule has 2 rings (SSSR count). The van der Waals surface area contributed by atoms with Crippen LogP contribution < -0.4 is 0 Å². The van der Waals surface area contributed by atoms with E-state index in [1.54, 1.807) is 10.4 Å². The summed E-state index contributed by atoms with van der Waals surface area (Å²) in [5, 5.41) is 0. The summed E-state index contributed by atoms with van der Waals surface area (Å²) in [6.07, 6.45) is 0.879. The van der Waals surface area contributed by atoms with Crippen LogP contribution in [0.5, 0.6) is 0 Å². The van der Waals surface area contributed by atoms with Crippen LogP contribution in [0.1, 0.15) is 11.3 Å². The minimum Gasteiger partial charge on any atom is -0.207 e. The Labute approximate surface area is 116 Å². The number of nitrogens with zero attached hydrogens (tertiary/aromatic N) is 1. The number of thiophene rings is 1. The van der Waals surface area contributed by atoms with Crippen molar-refractivity contribution in [1.29, 1.82) is 0 Å². The van der Waals surface area contributed by atoms with Gasteiger partial charge in [-0.1, -0.05) is 15.9 Å². The highest BCUT2D eigenvalue weighted by Crippen LogP contribution is 2.33. The predicted molar refractivity (Wildman–Crippen MR) is 72.8 cm³/mol. The summed E-state index contributed by atoms with van der Waals surface area (Å²) in [6.45, 7) is 3.00. The van der Waals surface area contributed by atoms with Crippen LogP contribution in [0.25, 0.3) is 0 Å². The highest BCUT2D eigenvalue weighted by Gasteiger charge is 2.33. The zero-order valence-electron chi connectivity index (χ0n) is 8.61. The molecule has 0 aromatic carbocycles. The van der Waals surface area contributed by atoms with Crippen molar-refractivity contribution in [3.05, 3.63) is 14.7 Å². The first kappa shape index (κ1) is 13.0. The van der Waals surface area contributed by atoms with Crippen molar-refractivity contribution in [2.24, 2.45) is 0 Å². The molecule has 1 aliphatic rings. The average Bonchev–Trinajstić information content (AvgIpc) is 2.73. The number of aryl methyl sites for hydroxylation is 1. The molecule has 3 nitrogen and oxygen atoms in total. The molecule has 1 aromatic rings. The standard InChI is InChI=1S/C9H11Br2NO2S2/c1-6-8(4-9(11)15-6)16(13,14)12-3-2-7(10)5-12/h4,7H,2-3,5H2,1H3.